The normalized spacial score (nSPS) is 13.5. The number of carbonyl (C=O) groups excluding carboxylic acids is 2. The van der Waals surface area contributed by atoms with Crippen LogP contribution in [0.5, 0.6) is 11.5 Å². The fourth-order valence-electron chi connectivity index (χ4n) is 5.61. The number of piperidine rings is 1. The van der Waals surface area contributed by atoms with E-state index in [1.807, 2.05) is 84.6 Å². The van der Waals surface area contributed by atoms with Crippen LogP contribution in [0, 0.1) is 6.92 Å². The van der Waals surface area contributed by atoms with Gasteiger partial charge in [0.1, 0.15) is 24.2 Å². The van der Waals surface area contributed by atoms with E-state index in [0.29, 0.717) is 31.0 Å². The van der Waals surface area contributed by atoms with Crippen LogP contribution >= 0.6 is 0 Å². The predicted molar refractivity (Wildman–Crippen MR) is 183 cm³/mol. The lowest BCUT2D eigenvalue weighted by Crippen LogP contribution is -2.41. The minimum atomic E-state index is -4.49. The van der Waals surface area contributed by atoms with E-state index in [2.05, 4.69) is 5.32 Å². The maximum Gasteiger partial charge on any atom is 0.416 e. The van der Waals surface area contributed by atoms with Crippen molar-refractivity contribution in [3.05, 3.63) is 149 Å². The van der Waals surface area contributed by atoms with Crippen LogP contribution in [-0.2, 0) is 12.8 Å². The molecule has 0 atom stereocenters. The topological polar surface area (TPSA) is 67.9 Å². The van der Waals surface area contributed by atoms with Crippen LogP contribution in [0.2, 0.25) is 0 Å². The number of nitrogens with zero attached hydrogens (tertiary/aromatic N) is 1. The highest BCUT2D eigenvalue weighted by Gasteiger charge is 2.30. The van der Waals surface area contributed by atoms with Crippen molar-refractivity contribution >= 4 is 17.5 Å². The van der Waals surface area contributed by atoms with E-state index >= 15 is 0 Å². The molecular formula is C40H35F3N2O4. The number of carbonyl (C=O) groups is 2. The third kappa shape index (κ3) is 8.67. The van der Waals surface area contributed by atoms with E-state index < -0.39 is 17.6 Å². The maximum absolute atomic E-state index is 13.0. The lowest BCUT2D eigenvalue weighted by molar-refractivity contribution is -0.137. The van der Waals surface area contributed by atoms with Crippen molar-refractivity contribution in [2.24, 2.45) is 0 Å². The molecule has 0 radical (unpaired) electrons. The van der Waals surface area contributed by atoms with E-state index in [4.69, 9.17) is 9.47 Å². The minimum absolute atomic E-state index is 0.0560. The third-order valence-corrected chi connectivity index (χ3v) is 8.44. The van der Waals surface area contributed by atoms with E-state index in [1.165, 1.54) is 12.1 Å². The van der Waals surface area contributed by atoms with Crippen molar-refractivity contribution < 1.29 is 32.2 Å². The fourth-order valence-corrected chi connectivity index (χ4v) is 5.61. The summed E-state index contributed by atoms with van der Waals surface area (Å²) < 4.78 is 51.2. The molecule has 1 heterocycles. The molecule has 2 amide bonds. The quantitative estimate of drug-likeness (QED) is 0.171. The van der Waals surface area contributed by atoms with E-state index in [1.54, 1.807) is 24.3 Å². The van der Waals surface area contributed by atoms with Crippen molar-refractivity contribution in [3.8, 4) is 22.6 Å². The standard InChI is InChI=1S/C40H35F3N2O4/c1-27-5-9-32(10-6-27)39(47)45-23-21-37(22-24-45)49-36-17-7-28(8-18-36)26-48-35-19-15-30(16-20-35)29-11-13-31(14-12-29)38(46)44-34-4-2-3-33(25-34)40(41,42)43/h2-20,25,37H,21-24,26H2,1H3,(H,44,46). The Hall–Kier alpha value is -5.57. The summed E-state index contributed by atoms with van der Waals surface area (Å²) in [7, 11) is 0. The summed E-state index contributed by atoms with van der Waals surface area (Å²) >= 11 is 0. The van der Waals surface area contributed by atoms with Gasteiger partial charge >= 0.3 is 6.18 Å². The number of anilines is 1. The molecule has 49 heavy (non-hydrogen) atoms. The highest BCUT2D eigenvalue weighted by Crippen LogP contribution is 2.31. The summed E-state index contributed by atoms with van der Waals surface area (Å²) in [5.74, 6) is 1.06. The fraction of sp³-hybridized carbons (Fsp3) is 0.200. The van der Waals surface area contributed by atoms with Gasteiger partial charge in [-0.05, 0) is 90.3 Å². The molecule has 0 aromatic heterocycles. The van der Waals surface area contributed by atoms with Crippen molar-refractivity contribution in [1.29, 1.82) is 0 Å². The number of hydrogen-bond donors (Lipinski definition) is 1. The molecule has 1 N–H and O–H groups in total. The largest absolute Gasteiger partial charge is 0.490 e. The van der Waals surface area contributed by atoms with Crippen LogP contribution < -0.4 is 14.8 Å². The van der Waals surface area contributed by atoms with Crippen molar-refractivity contribution in [2.45, 2.75) is 38.7 Å². The number of nitrogens with one attached hydrogen (secondary N) is 1. The molecule has 0 bridgehead atoms. The van der Waals surface area contributed by atoms with Crippen molar-refractivity contribution in [1.82, 2.24) is 4.90 Å². The van der Waals surface area contributed by atoms with Gasteiger partial charge in [0.05, 0.1) is 5.56 Å². The SMILES string of the molecule is Cc1ccc(C(=O)N2CCC(Oc3ccc(COc4ccc(-c5ccc(C(=O)Nc6cccc(C(F)(F)F)c6)cc5)cc4)cc3)CC2)cc1. The van der Waals surface area contributed by atoms with Gasteiger partial charge in [-0.25, -0.2) is 0 Å². The molecule has 6 nitrogen and oxygen atoms in total. The van der Waals surface area contributed by atoms with Gasteiger partial charge in [-0.3, -0.25) is 9.59 Å². The van der Waals surface area contributed by atoms with Gasteiger partial charge in [-0.15, -0.1) is 0 Å². The number of benzene rings is 5. The third-order valence-electron chi connectivity index (χ3n) is 8.44. The number of halogens is 3. The van der Waals surface area contributed by atoms with Gasteiger partial charge in [0.2, 0.25) is 0 Å². The second-order valence-corrected chi connectivity index (χ2v) is 12.0. The first-order valence-corrected chi connectivity index (χ1v) is 16.0. The van der Waals surface area contributed by atoms with Crippen LogP contribution in [0.1, 0.15) is 50.2 Å². The molecule has 0 aliphatic carbocycles. The predicted octanol–water partition coefficient (Wildman–Crippen LogP) is 9.20. The molecule has 1 saturated heterocycles. The van der Waals surface area contributed by atoms with E-state index in [-0.39, 0.29) is 17.7 Å². The maximum atomic E-state index is 13.0. The van der Waals surface area contributed by atoms with Crippen LogP contribution in [0.25, 0.3) is 11.1 Å². The number of likely N-dealkylation sites (tertiary alicyclic amines) is 1. The molecule has 0 saturated carbocycles. The first-order valence-electron chi connectivity index (χ1n) is 16.0. The molecule has 250 valence electrons. The summed E-state index contributed by atoms with van der Waals surface area (Å²) in [6, 6.07) is 34.5. The zero-order valence-corrected chi connectivity index (χ0v) is 26.9. The lowest BCUT2D eigenvalue weighted by atomic mass is 10.0. The Morgan fingerprint density at radius 2 is 1.35 bits per heavy atom. The first kappa shape index (κ1) is 33.3. The van der Waals surface area contributed by atoms with Gasteiger partial charge < -0.3 is 19.7 Å². The zero-order chi connectivity index (χ0) is 34.4. The van der Waals surface area contributed by atoms with E-state index in [9.17, 15) is 22.8 Å². The number of rotatable bonds is 9. The Morgan fingerprint density at radius 3 is 1.98 bits per heavy atom. The van der Waals surface area contributed by atoms with Crippen molar-refractivity contribution in [2.75, 3.05) is 18.4 Å². The number of alkyl halides is 3. The minimum Gasteiger partial charge on any atom is -0.490 e. The van der Waals surface area contributed by atoms with Crippen LogP contribution in [-0.4, -0.2) is 35.9 Å². The second kappa shape index (κ2) is 14.7. The highest BCUT2D eigenvalue weighted by atomic mass is 19.4. The average molecular weight is 665 g/mol. The van der Waals surface area contributed by atoms with Gasteiger partial charge in [0, 0.05) is 42.7 Å². The van der Waals surface area contributed by atoms with Gasteiger partial charge in [-0.1, -0.05) is 60.2 Å². The molecule has 5 aromatic rings. The van der Waals surface area contributed by atoms with Gasteiger partial charge in [0.25, 0.3) is 11.8 Å². The molecule has 1 aliphatic rings. The van der Waals surface area contributed by atoms with Crippen LogP contribution in [0.15, 0.2) is 121 Å². The molecule has 6 rings (SSSR count). The van der Waals surface area contributed by atoms with Crippen LogP contribution in [0.3, 0.4) is 0 Å². The number of amides is 2. The Balaban J connectivity index is 0.953. The highest BCUT2D eigenvalue weighted by molar-refractivity contribution is 6.04. The summed E-state index contributed by atoms with van der Waals surface area (Å²) in [4.78, 5) is 27.3. The summed E-state index contributed by atoms with van der Waals surface area (Å²) in [6.07, 6.45) is -2.88. The first-order chi connectivity index (χ1) is 23.6. The second-order valence-electron chi connectivity index (χ2n) is 12.0. The number of ether oxygens (including phenoxy) is 2. The average Bonchev–Trinajstić information content (AvgIpc) is 3.12. The molecular weight excluding hydrogens is 629 g/mol. The van der Waals surface area contributed by atoms with Crippen LogP contribution in [0.4, 0.5) is 18.9 Å². The number of aryl methyl sites for hydroxylation is 1. The Kier molecular flexibility index (Phi) is 9.99. The molecule has 9 heteroatoms. The molecule has 1 fully saturated rings. The van der Waals surface area contributed by atoms with Crippen molar-refractivity contribution in [3.63, 3.8) is 0 Å². The molecule has 5 aromatic carbocycles. The summed E-state index contributed by atoms with van der Waals surface area (Å²) in [6.45, 7) is 3.72. The number of hydrogen-bond acceptors (Lipinski definition) is 4. The summed E-state index contributed by atoms with van der Waals surface area (Å²) in [5, 5.41) is 2.52. The monoisotopic (exact) mass is 664 g/mol. The van der Waals surface area contributed by atoms with Gasteiger partial charge in [-0.2, -0.15) is 13.2 Å². The Morgan fingerprint density at radius 1 is 0.755 bits per heavy atom. The van der Waals surface area contributed by atoms with E-state index in [0.717, 1.165) is 58.5 Å². The lowest BCUT2D eigenvalue weighted by Gasteiger charge is -2.32. The summed E-state index contributed by atoms with van der Waals surface area (Å²) in [5.41, 5.74) is 4.22. The molecule has 1 aliphatic heterocycles. The zero-order valence-electron chi connectivity index (χ0n) is 26.9. The smallest absolute Gasteiger partial charge is 0.416 e. The van der Waals surface area contributed by atoms with Gasteiger partial charge in [0.15, 0.2) is 0 Å². The Bertz CT molecular complexity index is 1880. The molecule has 0 spiro atoms. The molecule has 0 unspecified atom stereocenters. The Labute approximate surface area is 283 Å².